The molecule has 50 valence electrons. The molecule has 0 atom stereocenters. The summed E-state index contributed by atoms with van der Waals surface area (Å²) in [5.41, 5.74) is 0. The van der Waals surface area contributed by atoms with Crippen LogP contribution in [0.2, 0.25) is 0 Å². The summed E-state index contributed by atoms with van der Waals surface area (Å²) in [6.07, 6.45) is 0.682. The van der Waals surface area contributed by atoms with Gasteiger partial charge in [0.05, 0.1) is 0 Å². The van der Waals surface area contributed by atoms with Gasteiger partial charge in [-0.2, -0.15) is 0 Å². The summed E-state index contributed by atoms with van der Waals surface area (Å²) in [7, 11) is 1.70. The van der Waals surface area contributed by atoms with Gasteiger partial charge in [0.15, 0.2) is 0 Å². The van der Waals surface area contributed by atoms with Crippen LogP contribution in [0.1, 0.15) is 13.3 Å². The number of hydrogen-bond acceptors (Lipinski definition) is 3. The zero-order valence-corrected chi connectivity index (χ0v) is 7.66. The van der Waals surface area contributed by atoms with Gasteiger partial charge in [0, 0.05) is 0 Å². The molecule has 8 heavy (non-hydrogen) atoms. The summed E-state index contributed by atoms with van der Waals surface area (Å²) >= 11 is -0.160. The van der Waals surface area contributed by atoms with Crippen molar-refractivity contribution in [2.45, 2.75) is 13.3 Å². The molecule has 2 N–H and O–H groups in total. The predicted molar refractivity (Wildman–Crippen MR) is 31.9 cm³/mol. The molecule has 0 aromatic rings. The van der Waals surface area contributed by atoms with Gasteiger partial charge >= 0.3 is 62.6 Å². The number of carbonyl (C=O) groups is 1. The van der Waals surface area contributed by atoms with Crippen LogP contribution in [0, 0.1) is 0 Å². The van der Waals surface area contributed by atoms with Crippen molar-refractivity contribution in [3.8, 4) is 0 Å². The van der Waals surface area contributed by atoms with Gasteiger partial charge in [-0.15, -0.1) is 0 Å². The van der Waals surface area contributed by atoms with E-state index < -0.39 is 0 Å². The molecule has 0 bridgehead atoms. The van der Waals surface area contributed by atoms with Crippen LogP contribution in [-0.4, -0.2) is 11.5 Å². The molecule has 0 aromatic heterocycles. The second kappa shape index (κ2) is 5.84. The Balaban J connectivity index is 2.82. The van der Waals surface area contributed by atoms with Gasteiger partial charge in [-0.3, -0.25) is 0 Å². The molecule has 0 spiro atoms. The Morgan fingerprint density at radius 1 is 1.88 bits per heavy atom. The van der Waals surface area contributed by atoms with Crippen molar-refractivity contribution in [3.05, 3.63) is 0 Å². The minimum absolute atomic E-state index is 0.160. The number of rotatable bonds is 4. The number of halogens is 1. The van der Waals surface area contributed by atoms with Crippen LogP contribution in [0.3, 0.4) is 0 Å². The van der Waals surface area contributed by atoms with E-state index in [9.17, 15) is 4.79 Å². The van der Waals surface area contributed by atoms with Crippen LogP contribution >= 0.6 is 8.93 Å². The van der Waals surface area contributed by atoms with E-state index in [1.807, 2.05) is 0 Å². The van der Waals surface area contributed by atoms with Gasteiger partial charge in [0.1, 0.15) is 0 Å². The topological polar surface area (TPSA) is 43.1 Å². The van der Waals surface area contributed by atoms with Crippen LogP contribution in [0.15, 0.2) is 0 Å². The van der Waals surface area contributed by atoms with E-state index in [1.54, 1.807) is 15.9 Å². The Morgan fingerprint density at radius 2 is 2.50 bits per heavy atom. The van der Waals surface area contributed by atoms with Crippen LogP contribution in [0.4, 0.5) is 0 Å². The fourth-order valence-electron chi connectivity index (χ4n) is 0.227. The van der Waals surface area contributed by atoms with Crippen molar-refractivity contribution in [2.24, 2.45) is 3.95 Å². The van der Waals surface area contributed by atoms with Crippen LogP contribution < -0.4 is 24.0 Å². The minimum atomic E-state index is -0.160. The molecule has 0 fully saturated rings. The Labute approximate surface area is 62.6 Å². The molecule has 0 saturated heterocycles. The standard InChI is InChI=1S/C4H9INOS/c1-4(7)2-3-8-5-6/h2-3,6H2,1H3/q-1. The van der Waals surface area contributed by atoms with Crippen LogP contribution in [0.5, 0.6) is 0 Å². The average molecular weight is 246 g/mol. The molecular formula is C4H9INOS-. The number of hydrogen-bond donors (Lipinski definition) is 1. The van der Waals surface area contributed by atoms with Crippen molar-refractivity contribution >= 4 is 14.7 Å². The first-order valence-electron chi connectivity index (χ1n) is 2.22. The van der Waals surface area contributed by atoms with E-state index in [0.717, 1.165) is 5.75 Å². The maximum atomic E-state index is 10.3. The molecule has 0 unspecified atom stereocenters. The fourth-order valence-corrected chi connectivity index (χ4v) is 2.10. The summed E-state index contributed by atoms with van der Waals surface area (Å²) in [6, 6.07) is 0. The number of nitrogens with two attached hydrogens (primary N) is 1. The maximum absolute atomic E-state index is 10.3. The second-order valence-corrected chi connectivity index (χ2v) is 5.55. The number of Topliss-reactive ketones (excluding diaryl/α,β-unsaturated/α-hetero) is 1. The zero-order valence-electron chi connectivity index (χ0n) is 4.69. The van der Waals surface area contributed by atoms with Gasteiger partial charge < -0.3 is 0 Å². The summed E-state index contributed by atoms with van der Waals surface area (Å²) in [5.74, 6) is 1.18. The quantitative estimate of drug-likeness (QED) is 0.341. The molecule has 0 rings (SSSR count). The Morgan fingerprint density at radius 3 is 2.88 bits per heavy atom. The van der Waals surface area contributed by atoms with Gasteiger partial charge in [-0.1, -0.05) is 0 Å². The number of carbonyl (C=O) groups excluding carboxylic acids is 1. The normalized spacial score (nSPS) is 9.75. The molecule has 0 saturated carbocycles. The molecule has 0 aliphatic heterocycles. The van der Waals surface area contributed by atoms with Gasteiger partial charge in [0.25, 0.3) is 0 Å². The second-order valence-electron chi connectivity index (χ2n) is 1.35. The molecule has 0 amide bonds. The summed E-state index contributed by atoms with van der Waals surface area (Å²) in [6.45, 7) is 1.61. The van der Waals surface area contributed by atoms with Gasteiger partial charge in [0.2, 0.25) is 0 Å². The zero-order chi connectivity index (χ0) is 6.41. The Kier molecular flexibility index (Phi) is 6.36. The summed E-state index contributed by atoms with van der Waals surface area (Å²) in [4.78, 5) is 10.3. The molecule has 0 aliphatic rings. The molecule has 4 heteroatoms. The van der Waals surface area contributed by atoms with E-state index in [0.29, 0.717) is 6.42 Å². The first-order chi connectivity index (χ1) is 3.77. The number of ketones is 1. The van der Waals surface area contributed by atoms with E-state index in [4.69, 9.17) is 3.95 Å². The van der Waals surface area contributed by atoms with Crippen LogP contribution in [0.25, 0.3) is 0 Å². The van der Waals surface area contributed by atoms with E-state index in [1.165, 1.54) is 0 Å². The average Bonchev–Trinajstić information content (AvgIpc) is 1.66. The predicted octanol–water partition coefficient (Wildman–Crippen LogP) is -2.42. The van der Waals surface area contributed by atoms with E-state index in [2.05, 4.69) is 0 Å². The van der Waals surface area contributed by atoms with Gasteiger partial charge in [-0.25, -0.2) is 0 Å². The van der Waals surface area contributed by atoms with Crippen molar-refractivity contribution in [2.75, 3.05) is 5.75 Å². The van der Waals surface area contributed by atoms with Crippen LogP contribution in [-0.2, 0) is 4.79 Å². The van der Waals surface area contributed by atoms with E-state index in [-0.39, 0.29) is 25.9 Å². The molecule has 2 nitrogen and oxygen atoms in total. The van der Waals surface area contributed by atoms with Crippen molar-refractivity contribution in [1.29, 1.82) is 0 Å². The first kappa shape index (κ1) is 8.71. The third-order valence-electron chi connectivity index (χ3n) is 0.594. The van der Waals surface area contributed by atoms with Gasteiger partial charge in [-0.05, 0) is 0 Å². The molecule has 0 radical (unpaired) electrons. The first-order valence-corrected chi connectivity index (χ1v) is 6.99. The summed E-state index contributed by atoms with van der Waals surface area (Å²) in [5, 5.41) is 0. The third kappa shape index (κ3) is 6.71. The molecule has 0 aliphatic carbocycles. The van der Waals surface area contributed by atoms with Crippen molar-refractivity contribution in [1.82, 2.24) is 0 Å². The molecule has 0 aromatic carbocycles. The van der Waals surface area contributed by atoms with Crippen molar-refractivity contribution in [3.63, 3.8) is 0 Å². The van der Waals surface area contributed by atoms with E-state index >= 15 is 0 Å². The third-order valence-corrected chi connectivity index (χ3v) is 3.48. The molecule has 0 heterocycles. The molecular weight excluding hydrogens is 237 g/mol. The SMILES string of the molecule is CC(=O)CCS[I-]N. The Hall–Kier alpha value is 0.710. The Bertz CT molecular complexity index is 78.4. The monoisotopic (exact) mass is 246 g/mol. The summed E-state index contributed by atoms with van der Waals surface area (Å²) < 4.78 is 5.28. The van der Waals surface area contributed by atoms with Crippen molar-refractivity contribution < 1.29 is 24.9 Å². The fraction of sp³-hybridized carbons (Fsp3) is 0.750.